The number of cyclic esters (lactones) is 1. The van der Waals surface area contributed by atoms with Crippen LogP contribution in [0.3, 0.4) is 0 Å². The monoisotopic (exact) mass is 468 g/mol. The Kier molecular flexibility index (Phi) is 3.45. The number of hydrogen-bond donors (Lipinski definition) is 1. The highest BCUT2D eigenvalue weighted by atomic mass is 16.7. The fourth-order valence-electron chi connectivity index (χ4n) is 9.42. The lowest BCUT2D eigenvalue weighted by atomic mass is 9.34. The van der Waals surface area contributed by atoms with Gasteiger partial charge < -0.3 is 23.7 Å². The zero-order valence-corrected chi connectivity index (χ0v) is 19.6. The van der Waals surface area contributed by atoms with Gasteiger partial charge in [-0.25, -0.2) is 4.79 Å². The number of hydrogen-bond acceptors (Lipinski definition) is 8. The normalized spacial score (nSPS) is 54.0. The molecule has 0 unspecified atom stereocenters. The average Bonchev–Trinajstić information content (AvgIpc) is 3.08. The number of esters is 1. The maximum atomic E-state index is 14.2. The van der Waals surface area contributed by atoms with Crippen molar-refractivity contribution in [3.8, 4) is 0 Å². The molecule has 9 atom stereocenters. The molecule has 5 fully saturated rings. The zero-order chi connectivity index (χ0) is 24.1. The van der Waals surface area contributed by atoms with Crippen molar-refractivity contribution in [2.45, 2.75) is 70.1 Å². The van der Waals surface area contributed by atoms with Crippen LogP contribution in [0.5, 0.6) is 0 Å². The second kappa shape index (κ2) is 5.58. The largest absolute Gasteiger partial charge is 0.472 e. The summed E-state index contributed by atoms with van der Waals surface area (Å²) in [5.41, 5.74) is -5.71. The van der Waals surface area contributed by atoms with Crippen molar-refractivity contribution in [3.05, 3.63) is 36.3 Å². The maximum absolute atomic E-state index is 14.2. The van der Waals surface area contributed by atoms with Crippen LogP contribution in [0.1, 0.15) is 52.2 Å². The number of rotatable bonds is 1. The number of aliphatic hydroxyl groups is 1. The van der Waals surface area contributed by atoms with Crippen LogP contribution < -0.4 is 0 Å². The summed E-state index contributed by atoms with van der Waals surface area (Å²) >= 11 is 0. The Morgan fingerprint density at radius 1 is 1.09 bits per heavy atom. The third-order valence-corrected chi connectivity index (χ3v) is 10.8. The van der Waals surface area contributed by atoms with E-state index in [1.807, 2.05) is 19.9 Å². The van der Waals surface area contributed by atoms with Crippen LogP contribution in [0.2, 0.25) is 0 Å². The van der Waals surface area contributed by atoms with Crippen LogP contribution in [0.15, 0.2) is 35.2 Å². The molecule has 2 saturated carbocycles. The van der Waals surface area contributed by atoms with E-state index in [2.05, 4.69) is 0 Å². The maximum Gasteiger partial charge on any atom is 0.339 e. The Morgan fingerprint density at radius 2 is 1.85 bits per heavy atom. The van der Waals surface area contributed by atoms with Gasteiger partial charge in [0.05, 0.1) is 24.7 Å². The highest BCUT2D eigenvalue weighted by Crippen LogP contribution is 2.81. The first-order chi connectivity index (χ1) is 16.0. The molecular formula is C26H28O8. The summed E-state index contributed by atoms with van der Waals surface area (Å²) in [6.07, 6.45) is 4.65. The minimum atomic E-state index is -1.50. The van der Waals surface area contributed by atoms with Crippen molar-refractivity contribution < 1.29 is 38.1 Å². The molecule has 0 bridgehead atoms. The van der Waals surface area contributed by atoms with E-state index < -0.39 is 62.9 Å². The number of allylic oxidation sites excluding steroid dienone is 1. The number of ether oxygens (including phenoxy) is 3. The third-order valence-electron chi connectivity index (χ3n) is 10.8. The van der Waals surface area contributed by atoms with E-state index in [1.54, 1.807) is 26.2 Å². The lowest BCUT2D eigenvalue weighted by Gasteiger charge is -2.66. The molecule has 1 aromatic rings. The number of ketones is 2. The Bertz CT molecular complexity index is 1200. The predicted octanol–water partition coefficient (Wildman–Crippen LogP) is 2.30. The minimum absolute atomic E-state index is 0.202. The summed E-state index contributed by atoms with van der Waals surface area (Å²) in [5.74, 6) is -1.65. The van der Waals surface area contributed by atoms with Crippen molar-refractivity contribution in [2.75, 3.05) is 6.61 Å². The van der Waals surface area contributed by atoms with Crippen LogP contribution >= 0.6 is 0 Å². The molecule has 7 rings (SSSR count). The molecule has 8 heteroatoms. The van der Waals surface area contributed by atoms with Gasteiger partial charge in [-0.3, -0.25) is 9.59 Å². The summed E-state index contributed by atoms with van der Waals surface area (Å²) < 4.78 is 23.7. The number of furan rings is 1. The van der Waals surface area contributed by atoms with Gasteiger partial charge in [0.2, 0.25) is 0 Å². The van der Waals surface area contributed by atoms with Gasteiger partial charge >= 0.3 is 5.97 Å². The van der Waals surface area contributed by atoms with E-state index in [1.165, 1.54) is 12.3 Å². The predicted molar refractivity (Wildman–Crippen MR) is 114 cm³/mol. The fraction of sp³-hybridized carbons (Fsp3) is 0.654. The summed E-state index contributed by atoms with van der Waals surface area (Å²) in [7, 11) is 0. The SMILES string of the molecule is CC1(C)OC[C@]23C=CC(=O)[C@]12C(=O)[C@H](O)[C@]1(C)[C@@H]3CC[C@]2(C)[C@H](c3ccoc3)OC(=O)[C@H]3O[C@@]312. The van der Waals surface area contributed by atoms with Crippen LogP contribution in [0.4, 0.5) is 0 Å². The van der Waals surface area contributed by atoms with Crippen molar-refractivity contribution >= 4 is 17.5 Å². The molecule has 0 amide bonds. The molecule has 1 N–H and O–H groups in total. The van der Waals surface area contributed by atoms with Gasteiger partial charge in [0, 0.05) is 21.8 Å². The Hall–Kier alpha value is -2.29. The standard InChI is InChI=1S/C26H28O8/c1-21(2)25-15(27)6-9-24(25,12-32-21)14-5-8-22(3)18(13-7-10-31-11-13)33-20(30)19-26(22,34-19)23(14,4)16(28)17(25)29/h6-7,9-11,14,16,18-19,28H,5,8,12H2,1-4H3/t14-,16-,18-,19+,22+,23-,24-,25-,26+/m0/s1. The topological polar surface area (TPSA) is 116 Å². The second-order valence-corrected chi connectivity index (χ2v) is 12.0. The van der Waals surface area contributed by atoms with E-state index in [-0.39, 0.29) is 18.3 Å². The van der Waals surface area contributed by atoms with E-state index in [0.29, 0.717) is 12.8 Å². The van der Waals surface area contributed by atoms with Gasteiger partial charge in [0.15, 0.2) is 17.7 Å². The number of carbonyl (C=O) groups is 3. The molecule has 1 spiro atoms. The van der Waals surface area contributed by atoms with Gasteiger partial charge in [-0.1, -0.05) is 19.9 Å². The lowest BCUT2D eigenvalue weighted by molar-refractivity contribution is -0.239. The first-order valence-corrected chi connectivity index (χ1v) is 12.0. The molecule has 4 heterocycles. The third kappa shape index (κ3) is 1.68. The summed E-state index contributed by atoms with van der Waals surface area (Å²) in [6, 6.07) is 1.77. The zero-order valence-electron chi connectivity index (χ0n) is 19.6. The fourth-order valence-corrected chi connectivity index (χ4v) is 9.42. The van der Waals surface area contributed by atoms with Crippen LogP contribution in [-0.4, -0.2) is 52.7 Å². The van der Waals surface area contributed by atoms with Crippen molar-refractivity contribution in [2.24, 2.45) is 27.6 Å². The Labute approximate surface area is 196 Å². The van der Waals surface area contributed by atoms with Crippen molar-refractivity contribution in [3.63, 3.8) is 0 Å². The van der Waals surface area contributed by atoms with Gasteiger partial charge in [-0.2, -0.15) is 0 Å². The van der Waals surface area contributed by atoms with Gasteiger partial charge in [0.1, 0.15) is 23.2 Å². The molecule has 8 nitrogen and oxygen atoms in total. The smallest absolute Gasteiger partial charge is 0.339 e. The van der Waals surface area contributed by atoms with Crippen LogP contribution in [0.25, 0.3) is 0 Å². The van der Waals surface area contributed by atoms with E-state index in [0.717, 1.165) is 5.56 Å². The first-order valence-electron chi connectivity index (χ1n) is 12.0. The lowest BCUT2D eigenvalue weighted by Crippen LogP contribution is -2.77. The Balaban J connectivity index is 1.47. The molecule has 6 aliphatic rings. The van der Waals surface area contributed by atoms with E-state index in [9.17, 15) is 19.5 Å². The molecule has 34 heavy (non-hydrogen) atoms. The average molecular weight is 469 g/mol. The summed E-state index contributed by atoms with van der Waals surface area (Å²) in [6.45, 7) is 7.61. The molecule has 0 radical (unpaired) electrons. The minimum Gasteiger partial charge on any atom is -0.472 e. The van der Waals surface area contributed by atoms with E-state index >= 15 is 0 Å². The van der Waals surface area contributed by atoms with Gasteiger partial charge in [-0.15, -0.1) is 0 Å². The molecule has 1 aromatic heterocycles. The summed E-state index contributed by atoms with van der Waals surface area (Å²) in [5, 5.41) is 11.9. The number of aliphatic hydroxyl groups excluding tert-OH is 1. The molecule has 3 aliphatic carbocycles. The quantitative estimate of drug-likeness (QED) is 0.379. The molecular weight excluding hydrogens is 440 g/mol. The van der Waals surface area contributed by atoms with Crippen LogP contribution in [0, 0.1) is 27.6 Å². The number of carbonyl (C=O) groups excluding carboxylic acids is 3. The van der Waals surface area contributed by atoms with Crippen molar-refractivity contribution in [1.82, 2.24) is 0 Å². The Morgan fingerprint density at radius 3 is 2.56 bits per heavy atom. The molecule has 3 saturated heterocycles. The number of fused-ring (bicyclic) bond motifs is 1. The van der Waals surface area contributed by atoms with Gasteiger partial charge in [0.25, 0.3) is 0 Å². The second-order valence-electron chi connectivity index (χ2n) is 12.0. The number of Topliss-reactive ketones (excluding diaryl/α,β-unsaturated/α-hetero) is 1. The highest BCUT2D eigenvalue weighted by molar-refractivity contribution is 6.18. The molecule has 0 aromatic carbocycles. The molecule has 3 aliphatic heterocycles. The first kappa shape index (κ1) is 21.0. The summed E-state index contributed by atoms with van der Waals surface area (Å²) in [4.78, 5) is 40.8. The van der Waals surface area contributed by atoms with Crippen LogP contribution in [-0.2, 0) is 28.6 Å². The van der Waals surface area contributed by atoms with E-state index in [4.69, 9.17) is 18.6 Å². The van der Waals surface area contributed by atoms with Gasteiger partial charge in [-0.05, 0) is 44.7 Å². The number of epoxide rings is 1. The highest BCUT2D eigenvalue weighted by Gasteiger charge is 2.92. The molecule has 180 valence electrons. The van der Waals surface area contributed by atoms with Crippen molar-refractivity contribution in [1.29, 1.82) is 0 Å².